The zero-order valence-corrected chi connectivity index (χ0v) is 16.9. The summed E-state index contributed by atoms with van der Waals surface area (Å²) in [5.74, 6) is 0.00827. The van der Waals surface area contributed by atoms with Crippen molar-refractivity contribution in [1.82, 2.24) is 15.4 Å². The summed E-state index contributed by atoms with van der Waals surface area (Å²) in [7, 11) is 0. The second-order valence-electron chi connectivity index (χ2n) is 6.21. The molecule has 0 bridgehead atoms. The summed E-state index contributed by atoms with van der Waals surface area (Å²) in [5.41, 5.74) is 2.20. The van der Waals surface area contributed by atoms with Crippen LogP contribution < -0.4 is 5.32 Å². The molecule has 146 valence electrons. The van der Waals surface area contributed by atoms with Crippen LogP contribution in [-0.4, -0.2) is 40.2 Å². The first kappa shape index (κ1) is 20.2. The molecule has 1 aliphatic heterocycles. The van der Waals surface area contributed by atoms with Crippen LogP contribution in [-0.2, 0) is 16.0 Å². The molecule has 1 N–H and O–H groups in total. The quantitative estimate of drug-likeness (QED) is 0.722. The number of hydrogen-bond donors (Lipinski definition) is 1. The molecular formula is C19H18ClN3O4S. The maximum atomic E-state index is 12.5. The van der Waals surface area contributed by atoms with E-state index in [0.717, 1.165) is 27.8 Å². The Kier molecular flexibility index (Phi) is 6.21. The predicted octanol–water partition coefficient (Wildman–Crippen LogP) is 3.34. The van der Waals surface area contributed by atoms with Crippen molar-refractivity contribution in [2.24, 2.45) is 0 Å². The van der Waals surface area contributed by atoms with Gasteiger partial charge in [0.25, 0.3) is 11.1 Å². The van der Waals surface area contributed by atoms with Crippen molar-refractivity contribution in [2.45, 2.75) is 20.3 Å². The second-order valence-corrected chi connectivity index (χ2v) is 7.64. The maximum absolute atomic E-state index is 12.5. The normalized spacial score (nSPS) is 15.5. The molecule has 2 aromatic rings. The van der Waals surface area contributed by atoms with Crippen LogP contribution in [0.4, 0.5) is 4.79 Å². The monoisotopic (exact) mass is 419 g/mol. The molecule has 1 aromatic heterocycles. The summed E-state index contributed by atoms with van der Waals surface area (Å²) >= 11 is 6.73. The number of imide groups is 1. The summed E-state index contributed by atoms with van der Waals surface area (Å²) in [4.78, 5) is 38.2. The van der Waals surface area contributed by atoms with Crippen LogP contribution in [0.5, 0.6) is 0 Å². The molecule has 0 radical (unpaired) electrons. The first-order valence-electron chi connectivity index (χ1n) is 8.54. The van der Waals surface area contributed by atoms with E-state index in [0.29, 0.717) is 21.4 Å². The maximum Gasteiger partial charge on any atom is 0.293 e. The zero-order chi connectivity index (χ0) is 20.3. The molecule has 0 spiro atoms. The van der Waals surface area contributed by atoms with Crippen molar-refractivity contribution in [2.75, 3.05) is 13.1 Å². The summed E-state index contributed by atoms with van der Waals surface area (Å²) in [6.07, 6.45) is 1.79. The number of benzene rings is 1. The molecule has 1 aliphatic rings. The number of nitrogens with zero attached hydrogens (tertiary/aromatic N) is 2. The van der Waals surface area contributed by atoms with Gasteiger partial charge in [-0.1, -0.05) is 28.9 Å². The fraction of sp³-hybridized carbons (Fsp3) is 0.263. The zero-order valence-electron chi connectivity index (χ0n) is 15.3. The molecule has 1 fully saturated rings. The number of hydrogen-bond acceptors (Lipinski definition) is 6. The van der Waals surface area contributed by atoms with Gasteiger partial charge in [-0.15, -0.1) is 0 Å². The van der Waals surface area contributed by atoms with Crippen LogP contribution in [0, 0.1) is 13.8 Å². The number of rotatable bonds is 6. The van der Waals surface area contributed by atoms with Crippen LogP contribution in [0.15, 0.2) is 33.7 Å². The van der Waals surface area contributed by atoms with Crippen molar-refractivity contribution in [3.05, 3.63) is 56.8 Å². The Morgan fingerprint density at radius 3 is 2.64 bits per heavy atom. The SMILES string of the molecule is Cc1noc(C)c1CC(=O)NCCN1C(=O)S/C(=C\c2ccc(Cl)cc2)C1=O. The fourth-order valence-corrected chi connectivity index (χ4v) is 3.68. The molecule has 1 saturated heterocycles. The Morgan fingerprint density at radius 2 is 2.00 bits per heavy atom. The van der Waals surface area contributed by atoms with Gasteiger partial charge in [0.15, 0.2) is 0 Å². The summed E-state index contributed by atoms with van der Waals surface area (Å²) in [6.45, 7) is 3.80. The molecule has 1 aromatic carbocycles. The van der Waals surface area contributed by atoms with E-state index in [-0.39, 0.29) is 36.6 Å². The molecule has 3 rings (SSSR count). The molecule has 0 atom stereocenters. The van der Waals surface area contributed by atoms with Crippen LogP contribution in [0.3, 0.4) is 0 Å². The Labute approximate surface area is 171 Å². The van der Waals surface area contributed by atoms with E-state index in [2.05, 4.69) is 10.5 Å². The van der Waals surface area contributed by atoms with Crippen molar-refractivity contribution >= 4 is 46.5 Å². The van der Waals surface area contributed by atoms with Crippen molar-refractivity contribution in [3.8, 4) is 0 Å². The fourth-order valence-electron chi connectivity index (χ4n) is 2.69. The molecule has 9 heteroatoms. The van der Waals surface area contributed by atoms with Crippen LogP contribution in [0.2, 0.25) is 5.02 Å². The number of halogens is 1. The van der Waals surface area contributed by atoms with Crippen molar-refractivity contribution in [1.29, 1.82) is 0 Å². The largest absolute Gasteiger partial charge is 0.361 e. The van der Waals surface area contributed by atoms with Crippen LogP contribution >= 0.6 is 23.4 Å². The summed E-state index contributed by atoms with van der Waals surface area (Å²) in [5, 5.41) is 6.77. The van der Waals surface area contributed by atoms with E-state index in [1.54, 1.807) is 44.2 Å². The van der Waals surface area contributed by atoms with Gasteiger partial charge in [0.1, 0.15) is 5.76 Å². The number of nitrogens with one attached hydrogen (secondary N) is 1. The standard InChI is InChI=1S/C19H18ClN3O4S/c1-11-15(12(2)27-22-11)10-17(24)21-7-8-23-18(25)16(28-19(23)26)9-13-3-5-14(20)6-4-13/h3-6,9H,7-8,10H2,1-2H3,(H,21,24)/b16-9-. The second kappa shape index (κ2) is 8.62. The first-order chi connectivity index (χ1) is 13.3. The molecule has 2 heterocycles. The highest BCUT2D eigenvalue weighted by molar-refractivity contribution is 8.18. The molecule has 0 unspecified atom stereocenters. The molecule has 28 heavy (non-hydrogen) atoms. The van der Waals surface area contributed by atoms with E-state index in [4.69, 9.17) is 16.1 Å². The first-order valence-corrected chi connectivity index (χ1v) is 9.74. The van der Waals surface area contributed by atoms with E-state index in [1.165, 1.54) is 0 Å². The van der Waals surface area contributed by atoms with Gasteiger partial charge in [0.2, 0.25) is 5.91 Å². The minimum Gasteiger partial charge on any atom is -0.361 e. The van der Waals surface area contributed by atoms with Gasteiger partial charge in [-0.2, -0.15) is 0 Å². The number of amides is 3. The van der Waals surface area contributed by atoms with Crippen molar-refractivity contribution in [3.63, 3.8) is 0 Å². The topological polar surface area (TPSA) is 92.5 Å². The lowest BCUT2D eigenvalue weighted by Crippen LogP contribution is -2.37. The molecule has 3 amide bonds. The van der Waals surface area contributed by atoms with E-state index < -0.39 is 0 Å². The number of carbonyl (C=O) groups is 3. The molecular weight excluding hydrogens is 402 g/mol. The van der Waals surface area contributed by atoms with Crippen LogP contribution in [0.25, 0.3) is 6.08 Å². The highest BCUT2D eigenvalue weighted by Crippen LogP contribution is 2.32. The third-order valence-corrected chi connectivity index (χ3v) is 5.38. The Hall–Kier alpha value is -2.58. The van der Waals surface area contributed by atoms with E-state index in [9.17, 15) is 14.4 Å². The Bertz CT molecular complexity index is 933. The lowest BCUT2D eigenvalue weighted by molar-refractivity contribution is -0.124. The average Bonchev–Trinajstić information content (AvgIpc) is 3.11. The Morgan fingerprint density at radius 1 is 1.29 bits per heavy atom. The van der Waals surface area contributed by atoms with Gasteiger partial charge in [0.05, 0.1) is 17.0 Å². The van der Waals surface area contributed by atoms with Gasteiger partial charge in [0, 0.05) is 23.7 Å². The molecule has 0 saturated carbocycles. The number of aryl methyl sites for hydroxylation is 2. The Balaban J connectivity index is 1.54. The average molecular weight is 420 g/mol. The predicted molar refractivity (Wildman–Crippen MR) is 107 cm³/mol. The third kappa shape index (κ3) is 4.63. The summed E-state index contributed by atoms with van der Waals surface area (Å²) in [6, 6.07) is 6.97. The molecule has 7 nitrogen and oxygen atoms in total. The highest BCUT2D eigenvalue weighted by Gasteiger charge is 2.34. The highest BCUT2D eigenvalue weighted by atomic mass is 35.5. The summed E-state index contributed by atoms with van der Waals surface area (Å²) < 4.78 is 5.03. The minimum absolute atomic E-state index is 0.107. The smallest absolute Gasteiger partial charge is 0.293 e. The number of carbonyl (C=O) groups excluding carboxylic acids is 3. The van der Waals surface area contributed by atoms with Crippen LogP contribution in [0.1, 0.15) is 22.6 Å². The van der Waals surface area contributed by atoms with Gasteiger partial charge >= 0.3 is 0 Å². The number of aromatic nitrogens is 1. The van der Waals surface area contributed by atoms with Crippen molar-refractivity contribution < 1.29 is 18.9 Å². The third-order valence-electron chi connectivity index (χ3n) is 4.22. The molecule has 0 aliphatic carbocycles. The van der Waals surface area contributed by atoms with E-state index in [1.807, 2.05) is 0 Å². The minimum atomic E-state index is -0.370. The lowest BCUT2D eigenvalue weighted by atomic mass is 10.1. The number of thioether (sulfide) groups is 1. The van der Waals surface area contributed by atoms with Gasteiger partial charge in [-0.3, -0.25) is 19.3 Å². The lowest BCUT2D eigenvalue weighted by Gasteiger charge is -2.13. The van der Waals surface area contributed by atoms with Gasteiger partial charge in [-0.05, 0) is 49.4 Å². The van der Waals surface area contributed by atoms with Gasteiger partial charge < -0.3 is 9.84 Å². The van der Waals surface area contributed by atoms with E-state index >= 15 is 0 Å². The van der Waals surface area contributed by atoms with Gasteiger partial charge in [-0.25, -0.2) is 0 Å².